The van der Waals surface area contributed by atoms with Gasteiger partial charge in [-0.3, -0.25) is 9.36 Å². The van der Waals surface area contributed by atoms with Crippen LogP contribution in [0, 0.1) is 11.3 Å². The van der Waals surface area contributed by atoms with Crippen LogP contribution >= 0.6 is 11.8 Å². The van der Waals surface area contributed by atoms with Crippen LogP contribution < -0.4 is 10.1 Å². The number of para-hydroxylation sites is 1. The highest BCUT2D eigenvalue weighted by molar-refractivity contribution is 8.00. The van der Waals surface area contributed by atoms with Crippen molar-refractivity contribution in [3.05, 3.63) is 66.5 Å². The molecule has 0 saturated heterocycles. The quantitative estimate of drug-likeness (QED) is 0.659. The monoisotopic (exact) mass is 378 g/mol. The summed E-state index contributed by atoms with van der Waals surface area (Å²) < 4.78 is 7.17. The van der Waals surface area contributed by atoms with Crippen LogP contribution in [-0.2, 0) is 4.79 Å². The van der Waals surface area contributed by atoms with E-state index in [0.717, 1.165) is 11.4 Å². The Morgan fingerprint density at radius 1 is 1.30 bits per heavy atom. The number of aromatic nitrogens is 2. The van der Waals surface area contributed by atoms with Gasteiger partial charge in [-0.1, -0.05) is 30.0 Å². The second kappa shape index (κ2) is 8.43. The molecule has 1 N–H and O–H groups in total. The Labute approximate surface area is 161 Å². The third-order valence-corrected chi connectivity index (χ3v) is 4.98. The van der Waals surface area contributed by atoms with Gasteiger partial charge in [-0.2, -0.15) is 5.26 Å². The van der Waals surface area contributed by atoms with E-state index in [0.29, 0.717) is 16.4 Å². The van der Waals surface area contributed by atoms with Gasteiger partial charge < -0.3 is 10.1 Å². The van der Waals surface area contributed by atoms with Crippen LogP contribution in [0.1, 0.15) is 12.5 Å². The van der Waals surface area contributed by atoms with Crippen molar-refractivity contribution in [1.29, 1.82) is 5.26 Å². The molecule has 0 aliphatic carbocycles. The third kappa shape index (κ3) is 4.30. The molecule has 136 valence electrons. The second-order valence-electron chi connectivity index (χ2n) is 5.69. The van der Waals surface area contributed by atoms with E-state index in [9.17, 15) is 4.79 Å². The van der Waals surface area contributed by atoms with Crippen LogP contribution in [0.4, 0.5) is 5.69 Å². The molecular weight excluding hydrogens is 360 g/mol. The number of imidazole rings is 1. The topological polar surface area (TPSA) is 79.9 Å². The van der Waals surface area contributed by atoms with Crippen molar-refractivity contribution in [2.24, 2.45) is 0 Å². The molecule has 3 aromatic rings. The van der Waals surface area contributed by atoms with Gasteiger partial charge in [0.15, 0.2) is 5.16 Å². The summed E-state index contributed by atoms with van der Waals surface area (Å²) in [6.45, 7) is 1.81. The fraction of sp³-hybridized carbons (Fsp3) is 0.150. The maximum absolute atomic E-state index is 12.6. The lowest BCUT2D eigenvalue weighted by Crippen LogP contribution is -2.23. The minimum absolute atomic E-state index is 0.192. The van der Waals surface area contributed by atoms with E-state index in [-0.39, 0.29) is 5.91 Å². The summed E-state index contributed by atoms with van der Waals surface area (Å²) in [6, 6.07) is 16.6. The van der Waals surface area contributed by atoms with Crippen molar-refractivity contribution < 1.29 is 9.53 Å². The van der Waals surface area contributed by atoms with E-state index in [4.69, 9.17) is 10.00 Å². The van der Waals surface area contributed by atoms with Gasteiger partial charge in [-0.25, -0.2) is 4.98 Å². The molecule has 1 atom stereocenters. The lowest BCUT2D eigenvalue weighted by Gasteiger charge is -2.14. The van der Waals surface area contributed by atoms with Gasteiger partial charge in [-0.05, 0) is 31.2 Å². The molecule has 1 aromatic heterocycles. The highest BCUT2D eigenvalue weighted by Gasteiger charge is 2.19. The summed E-state index contributed by atoms with van der Waals surface area (Å²) in [6.07, 6.45) is 3.53. The number of methoxy groups -OCH3 is 1. The van der Waals surface area contributed by atoms with Crippen LogP contribution in [0.3, 0.4) is 0 Å². The first-order valence-electron chi connectivity index (χ1n) is 8.27. The minimum atomic E-state index is -0.400. The van der Waals surface area contributed by atoms with E-state index >= 15 is 0 Å². The summed E-state index contributed by atoms with van der Waals surface area (Å²) in [5, 5.41) is 12.3. The first kappa shape index (κ1) is 18.5. The molecule has 0 saturated carbocycles. The minimum Gasteiger partial charge on any atom is -0.497 e. The maximum atomic E-state index is 12.6. The number of anilines is 1. The third-order valence-electron chi connectivity index (χ3n) is 3.90. The second-order valence-corrected chi connectivity index (χ2v) is 7.00. The average molecular weight is 378 g/mol. The lowest BCUT2D eigenvalue weighted by molar-refractivity contribution is -0.115. The standard InChI is InChI=1S/C20H18N4O2S/c1-14(19(25)23-18-9-4-3-6-15(18)13-21)27-20-22-10-11-24(20)16-7-5-8-17(12-16)26-2/h3-12,14H,1-2H3,(H,23,25). The number of rotatable bonds is 6. The van der Waals surface area contributed by atoms with Gasteiger partial charge in [0.05, 0.1) is 29.3 Å². The number of nitrogens with one attached hydrogen (secondary N) is 1. The van der Waals surface area contributed by atoms with Crippen LogP contribution in [0.2, 0.25) is 0 Å². The zero-order valence-electron chi connectivity index (χ0n) is 14.9. The molecule has 7 heteroatoms. The normalized spacial score (nSPS) is 11.4. The molecule has 0 fully saturated rings. The predicted molar refractivity (Wildman–Crippen MR) is 105 cm³/mol. The smallest absolute Gasteiger partial charge is 0.237 e. The molecule has 1 unspecified atom stereocenters. The molecule has 27 heavy (non-hydrogen) atoms. The Kier molecular flexibility index (Phi) is 5.79. The number of hydrogen-bond donors (Lipinski definition) is 1. The zero-order valence-corrected chi connectivity index (χ0v) is 15.7. The number of benzene rings is 2. The number of thioether (sulfide) groups is 1. The highest BCUT2D eigenvalue weighted by atomic mass is 32.2. The molecule has 3 rings (SSSR count). The van der Waals surface area contributed by atoms with E-state index < -0.39 is 5.25 Å². The van der Waals surface area contributed by atoms with Crippen LogP contribution in [0.15, 0.2) is 66.1 Å². The van der Waals surface area contributed by atoms with E-state index in [2.05, 4.69) is 16.4 Å². The first-order valence-corrected chi connectivity index (χ1v) is 9.14. The number of carbonyl (C=O) groups excluding carboxylic acids is 1. The summed E-state index contributed by atoms with van der Waals surface area (Å²) in [7, 11) is 1.62. The summed E-state index contributed by atoms with van der Waals surface area (Å²) >= 11 is 1.34. The molecule has 2 aromatic carbocycles. The molecule has 0 spiro atoms. The zero-order chi connectivity index (χ0) is 19.2. The number of hydrogen-bond acceptors (Lipinski definition) is 5. The molecule has 0 aliphatic heterocycles. The van der Waals surface area contributed by atoms with Gasteiger partial charge in [0, 0.05) is 18.5 Å². The molecule has 1 heterocycles. The van der Waals surface area contributed by atoms with Gasteiger partial charge in [0.1, 0.15) is 11.8 Å². The Morgan fingerprint density at radius 2 is 2.11 bits per heavy atom. The Balaban J connectivity index is 1.75. The number of nitrogens with zero attached hydrogens (tertiary/aromatic N) is 3. The fourth-order valence-corrected chi connectivity index (χ4v) is 3.35. The SMILES string of the molecule is COc1cccc(-n2ccnc2SC(C)C(=O)Nc2ccccc2C#N)c1. The van der Waals surface area contributed by atoms with Crippen molar-refractivity contribution in [3.8, 4) is 17.5 Å². The van der Waals surface area contributed by atoms with E-state index in [1.807, 2.05) is 35.0 Å². The van der Waals surface area contributed by atoms with Crippen molar-refractivity contribution in [2.45, 2.75) is 17.3 Å². The summed E-state index contributed by atoms with van der Waals surface area (Å²) in [5.41, 5.74) is 1.84. The van der Waals surface area contributed by atoms with Crippen molar-refractivity contribution in [3.63, 3.8) is 0 Å². The van der Waals surface area contributed by atoms with Crippen molar-refractivity contribution in [1.82, 2.24) is 9.55 Å². The Hall–Kier alpha value is -3.24. The van der Waals surface area contributed by atoms with Crippen molar-refractivity contribution in [2.75, 3.05) is 12.4 Å². The average Bonchev–Trinajstić information content (AvgIpc) is 3.16. The number of amides is 1. The molecular formula is C20H18N4O2S. The maximum Gasteiger partial charge on any atom is 0.237 e. The van der Waals surface area contributed by atoms with Crippen LogP contribution in [0.5, 0.6) is 5.75 Å². The van der Waals surface area contributed by atoms with Crippen LogP contribution in [0.25, 0.3) is 5.69 Å². The molecule has 6 nitrogen and oxygen atoms in total. The van der Waals surface area contributed by atoms with E-state index in [1.54, 1.807) is 44.5 Å². The molecule has 0 aliphatic rings. The largest absolute Gasteiger partial charge is 0.497 e. The Morgan fingerprint density at radius 3 is 2.89 bits per heavy atom. The van der Waals surface area contributed by atoms with Crippen LogP contribution in [-0.4, -0.2) is 27.8 Å². The fourth-order valence-electron chi connectivity index (χ4n) is 2.47. The first-order chi connectivity index (χ1) is 13.1. The lowest BCUT2D eigenvalue weighted by atomic mass is 10.2. The summed E-state index contributed by atoms with van der Waals surface area (Å²) in [5.74, 6) is 0.555. The van der Waals surface area contributed by atoms with Gasteiger partial charge in [0.2, 0.25) is 5.91 Å². The molecule has 0 radical (unpaired) electrons. The van der Waals surface area contributed by atoms with Gasteiger partial charge >= 0.3 is 0 Å². The highest BCUT2D eigenvalue weighted by Crippen LogP contribution is 2.27. The predicted octanol–water partition coefficient (Wildman–Crippen LogP) is 3.87. The number of ether oxygens (including phenoxy) is 1. The number of nitriles is 1. The van der Waals surface area contributed by atoms with Crippen molar-refractivity contribution >= 4 is 23.4 Å². The van der Waals surface area contributed by atoms with Gasteiger partial charge in [0.25, 0.3) is 0 Å². The molecule has 0 bridgehead atoms. The Bertz CT molecular complexity index is 993. The number of carbonyl (C=O) groups is 1. The van der Waals surface area contributed by atoms with Gasteiger partial charge in [-0.15, -0.1) is 0 Å². The molecule has 1 amide bonds. The van der Waals surface area contributed by atoms with E-state index in [1.165, 1.54) is 11.8 Å². The summed E-state index contributed by atoms with van der Waals surface area (Å²) in [4.78, 5) is 16.9.